The summed E-state index contributed by atoms with van der Waals surface area (Å²) in [4.78, 5) is 10.5. The molecule has 14 heavy (non-hydrogen) atoms. The van der Waals surface area contributed by atoms with Crippen LogP contribution >= 0.6 is 0 Å². The predicted molar refractivity (Wildman–Crippen MR) is 58.8 cm³/mol. The van der Waals surface area contributed by atoms with Crippen LogP contribution in [0.4, 0.5) is 0 Å². The van der Waals surface area contributed by atoms with Gasteiger partial charge in [0.05, 0.1) is 0 Å². The van der Waals surface area contributed by atoms with E-state index in [0.717, 1.165) is 12.8 Å². The summed E-state index contributed by atoms with van der Waals surface area (Å²) in [5, 5.41) is 0. The maximum atomic E-state index is 10.5. The van der Waals surface area contributed by atoms with Crippen molar-refractivity contribution < 1.29 is 9.53 Å². The molecule has 0 amide bonds. The van der Waals surface area contributed by atoms with Crippen molar-refractivity contribution in [2.45, 2.75) is 47.0 Å². The molecule has 0 atom stereocenters. The first-order chi connectivity index (χ1) is 6.60. The van der Waals surface area contributed by atoms with Gasteiger partial charge in [0.2, 0.25) is 0 Å². The van der Waals surface area contributed by atoms with Crippen LogP contribution in [0.1, 0.15) is 47.0 Å². The Morgan fingerprint density at radius 1 is 1.50 bits per heavy atom. The second-order valence-electron chi connectivity index (χ2n) is 3.44. The fourth-order valence-electron chi connectivity index (χ4n) is 1.05. The fourth-order valence-corrected chi connectivity index (χ4v) is 1.05. The molecule has 1 rings (SSSR count). The number of allylic oxidation sites excluding steroid dienone is 3. The van der Waals surface area contributed by atoms with Crippen molar-refractivity contribution in [1.29, 1.82) is 0 Å². The van der Waals surface area contributed by atoms with Crippen molar-refractivity contribution in [1.82, 2.24) is 0 Å². The van der Waals surface area contributed by atoms with Crippen molar-refractivity contribution in [3.8, 4) is 0 Å². The van der Waals surface area contributed by atoms with Gasteiger partial charge in [0, 0.05) is 6.92 Å². The summed E-state index contributed by atoms with van der Waals surface area (Å²) in [7, 11) is 0. The van der Waals surface area contributed by atoms with Gasteiger partial charge in [-0.15, -0.1) is 0 Å². The SMILES string of the molecule is CC(=O)OC1=CCCC(C)=C1.CCC. The molecule has 0 radical (unpaired) electrons. The summed E-state index contributed by atoms with van der Waals surface area (Å²) in [5.41, 5.74) is 1.27. The lowest BCUT2D eigenvalue weighted by Gasteiger charge is -2.09. The van der Waals surface area contributed by atoms with Gasteiger partial charge in [-0.2, -0.15) is 0 Å². The second kappa shape index (κ2) is 7.36. The van der Waals surface area contributed by atoms with Crippen molar-refractivity contribution >= 4 is 5.97 Å². The van der Waals surface area contributed by atoms with Gasteiger partial charge >= 0.3 is 5.97 Å². The zero-order valence-corrected chi connectivity index (χ0v) is 9.59. The van der Waals surface area contributed by atoms with Crippen molar-refractivity contribution in [3.05, 3.63) is 23.5 Å². The molecule has 0 aromatic rings. The highest BCUT2D eigenvalue weighted by molar-refractivity contribution is 5.67. The van der Waals surface area contributed by atoms with Crippen LogP contribution in [0.3, 0.4) is 0 Å². The zero-order chi connectivity index (χ0) is 11.0. The Labute approximate surface area is 86.6 Å². The number of ether oxygens (including phenoxy) is 1. The third-order valence-corrected chi connectivity index (χ3v) is 1.53. The van der Waals surface area contributed by atoms with Crippen LogP contribution in [0, 0.1) is 0 Å². The summed E-state index contributed by atoms with van der Waals surface area (Å²) in [6.07, 6.45) is 7.15. The van der Waals surface area contributed by atoms with E-state index >= 15 is 0 Å². The van der Waals surface area contributed by atoms with E-state index in [1.807, 2.05) is 19.1 Å². The minimum atomic E-state index is -0.248. The average Bonchev–Trinajstić information content (AvgIpc) is 2.03. The third kappa shape index (κ3) is 6.46. The number of carbonyl (C=O) groups excluding carboxylic acids is 1. The normalized spacial score (nSPS) is 14.6. The molecular formula is C12H20O2. The molecule has 0 fully saturated rings. The molecule has 0 aliphatic heterocycles. The Morgan fingerprint density at radius 3 is 2.50 bits per heavy atom. The number of rotatable bonds is 1. The summed E-state index contributed by atoms with van der Waals surface area (Å²) in [5.74, 6) is 0.448. The number of esters is 1. The van der Waals surface area contributed by atoms with Crippen LogP contribution in [0.15, 0.2) is 23.5 Å². The van der Waals surface area contributed by atoms with E-state index in [9.17, 15) is 4.79 Å². The molecule has 0 spiro atoms. The van der Waals surface area contributed by atoms with Crippen LogP contribution in [-0.4, -0.2) is 5.97 Å². The molecule has 1 aliphatic carbocycles. The molecule has 0 heterocycles. The summed E-state index contributed by atoms with van der Waals surface area (Å²) >= 11 is 0. The Balaban J connectivity index is 0.000000500. The molecule has 1 aliphatic rings. The number of hydrogen-bond acceptors (Lipinski definition) is 2. The first-order valence-corrected chi connectivity index (χ1v) is 5.15. The lowest BCUT2D eigenvalue weighted by atomic mass is 10.1. The molecule has 2 nitrogen and oxygen atoms in total. The van der Waals surface area contributed by atoms with Crippen molar-refractivity contribution in [2.24, 2.45) is 0 Å². The molecular weight excluding hydrogens is 176 g/mol. The molecule has 0 saturated heterocycles. The highest BCUT2D eigenvalue weighted by Gasteiger charge is 2.03. The molecule has 0 aromatic carbocycles. The molecule has 2 heteroatoms. The van der Waals surface area contributed by atoms with Gasteiger partial charge in [-0.1, -0.05) is 25.8 Å². The second-order valence-corrected chi connectivity index (χ2v) is 3.44. The lowest BCUT2D eigenvalue weighted by Crippen LogP contribution is -1.99. The van der Waals surface area contributed by atoms with Crippen molar-refractivity contribution in [2.75, 3.05) is 0 Å². The van der Waals surface area contributed by atoms with Crippen LogP contribution in [0.25, 0.3) is 0 Å². The van der Waals surface area contributed by atoms with Gasteiger partial charge in [0.15, 0.2) is 0 Å². The van der Waals surface area contributed by atoms with E-state index in [2.05, 4.69) is 13.8 Å². The van der Waals surface area contributed by atoms with Gasteiger partial charge in [-0.05, 0) is 31.9 Å². The maximum absolute atomic E-state index is 10.5. The number of carbonyl (C=O) groups is 1. The van der Waals surface area contributed by atoms with Crippen LogP contribution in [0.5, 0.6) is 0 Å². The Kier molecular flexibility index (Phi) is 6.81. The lowest BCUT2D eigenvalue weighted by molar-refractivity contribution is -0.136. The van der Waals surface area contributed by atoms with E-state index in [-0.39, 0.29) is 5.97 Å². The van der Waals surface area contributed by atoms with Gasteiger partial charge in [0.25, 0.3) is 0 Å². The average molecular weight is 196 g/mol. The standard InChI is InChI=1S/C9H12O2.C3H8/c1-7-4-3-5-9(6-7)11-8(2)10;1-3-2/h5-6H,3-4H2,1-2H3;3H2,1-2H3. The summed E-state index contributed by atoms with van der Waals surface area (Å²) < 4.78 is 4.91. The minimum absolute atomic E-state index is 0.248. The van der Waals surface area contributed by atoms with E-state index in [0.29, 0.717) is 5.76 Å². The van der Waals surface area contributed by atoms with Gasteiger partial charge < -0.3 is 4.74 Å². The van der Waals surface area contributed by atoms with Gasteiger partial charge in [-0.3, -0.25) is 4.79 Å². The van der Waals surface area contributed by atoms with Crippen LogP contribution in [-0.2, 0) is 9.53 Å². The summed E-state index contributed by atoms with van der Waals surface area (Å²) in [6, 6.07) is 0. The first-order valence-electron chi connectivity index (χ1n) is 5.15. The number of hydrogen-bond donors (Lipinski definition) is 0. The minimum Gasteiger partial charge on any atom is -0.427 e. The predicted octanol–water partition coefficient (Wildman–Crippen LogP) is 3.59. The largest absolute Gasteiger partial charge is 0.427 e. The molecule has 0 bridgehead atoms. The Bertz CT molecular complexity index is 237. The van der Waals surface area contributed by atoms with E-state index in [1.54, 1.807) is 0 Å². The van der Waals surface area contributed by atoms with Crippen molar-refractivity contribution in [3.63, 3.8) is 0 Å². The van der Waals surface area contributed by atoms with E-state index in [1.165, 1.54) is 18.9 Å². The highest BCUT2D eigenvalue weighted by atomic mass is 16.5. The topological polar surface area (TPSA) is 26.3 Å². The van der Waals surface area contributed by atoms with Crippen LogP contribution < -0.4 is 0 Å². The smallest absolute Gasteiger partial charge is 0.308 e. The molecule has 80 valence electrons. The highest BCUT2D eigenvalue weighted by Crippen LogP contribution is 2.17. The molecule has 0 saturated carbocycles. The molecule has 0 aromatic heterocycles. The quantitative estimate of drug-likeness (QED) is 0.599. The Morgan fingerprint density at radius 2 is 2.07 bits per heavy atom. The third-order valence-electron chi connectivity index (χ3n) is 1.53. The molecule has 0 N–H and O–H groups in total. The monoisotopic (exact) mass is 196 g/mol. The molecule has 0 unspecified atom stereocenters. The first kappa shape index (κ1) is 12.9. The zero-order valence-electron chi connectivity index (χ0n) is 9.59. The maximum Gasteiger partial charge on any atom is 0.308 e. The van der Waals surface area contributed by atoms with Gasteiger partial charge in [0.1, 0.15) is 5.76 Å². The Hall–Kier alpha value is -1.05. The van der Waals surface area contributed by atoms with E-state index in [4.69, 9.17) is 4.74 Å². The fraction of sp³-hybridized carbons (Fsp3) is 0.583. The van der Waals surface area contributed by atoms with E-state index < -0.39 is 0 Å². The van der Waals surface area contributed by atoms with Crippen LogP contribution in [0.2, 0.25) is 0 Å². The van der Waals surface area contributed by atoms with Gasteiger partial charge in [-0.25, -0.2) is 0 Å². The summed E-state index contributed by atoms with van der Waals surface area (Å²) in [6.45, 7) is 7.70.